The van der Waals surface area contributed by atoms with Gasteiger partial charge in [0.05, 0.1) is 9.61 Å². The van der Waals surface area contributed by atoms with Gasteiger partial charge in [-0.1, -0.05) is 38.5 Å². The summed E-state index contributed by atoms with van der Waals surface area (Å²) in [6.07, 6.45) is 4.24. The summed E-state index contributed by atoms with van der Waals surface area (Å²) in [6.45, 7) is 4.24. The van der Waals surface area contributed by atoms with Crippen LogP contribution in [0.25, 0.3) is 0 Å². The molecule has 3 nitrogen and oxygen atoms in total. The van der Waals surface area contributed by atoms with E-state index >= 15 is 0 Å². The number of rotatable bonds is 6. The third-order valence-electron chi connectivity index (χ3n) is 2.37. The first-order valence-electron chi connectivity index (χ1n) is 5.97. The SMILES string of the molecule is CCCCSC1=C(C#N)C(=O)NC(CCC)S1. The molecule has 1 aliphatic rings. The number of carbonyl (C=O) groups is 1. The summed E-state index contributed by atoms with van der Waals surface area (Å²) in [5.74, 6) is 0.777. The molecule has 1 N–H and O–H groups in total. The van der Waals surface area contributed by atoms with Crippen LogP contribution in [0, 0.1) is 11.3 Å². The van der Waals surface area contributed by atoms with Crippen molar-refractivity contribution >= 4 is 29.4 Å². The van der Waals surface area contributed by atoms with Gasteiger partial charge in [0.25, 0.3) is 5.91 Å². The van der Waals surface area contributed by atoms with Gasteiger partial charge in [-0.25, -0.2) is 0 Å². The number of nitrogens with one attached hydrogen (secondary N) is 1. The second-order valence-electron chi connectivity index (χ2n) is 3.84. The number of unbranched alkanes of at least 4 members (excludes halogenated alkanes) is 1. The Bertz CT molecular complexity index is 347. The molecule has 1 aliphatic heterocycles. The number of hydrogen-bond donors (Lipinski definition) is 1. The number of hydrogen-bond acceptors (Lipinski definition) is 4. The smallest absolute Gasteiger partial charge is 0.264 e. The topological polar surface area (TPSA) is 52.9 Å². The average Bonchev–Trinajstić information content (AvgIpc) is 2.29. The molecule has 1 rings (SSSR count). The molecule has 1 unspecified atom stereocenters. The van der Waals surface area contributed by atoms with Crippen molar-refractivity contribution < 1.29 is 4.79 Å². The summed E-state index contributed by atoms with van der Waals surface area (Å²) in [6, 6.07) is 2.02. The van der Waals surface area contributed by atoms with Gasteiger partial charge in [-0.3, -0.25) is 4.79 Å². The van der Waals surface area contributed by atoms with Gasteiger partial charge in [-0.15, -0.1) is 11.8 Å². The lowest BCUT2D eigenvalue weighted by atomic mass is 10.3. The Kier molecular flexibility index (Phi) is 6.53. The first-order valence-corrected chi connectivity index (χ1v) is 7.84. The molecule has 0 aliphatic carbocycles. The van der Waals surface area contributed by atoms with Crippen molar-refractivity contribution in [1.29, 1.82) is 5.26 Å². The van der Waals surface area contributed by atoms with Crippen molar-refractivity contribution in [1.82, 2.24) is 5.32 Å². The van der Waals surface area contributed by atoms with Gasteiger partial charge in [0.2, 0.25) is 0 Å². The maximum atomic E-state index is 11.7. The van der Waals surface area contributed by atoms with E-state index in [4.69, 9.17) is 5.26 Å². The standard InChI is InChI=1S/C12H18N2OS2/c1-3-5-7-16-12-9(8-13)11(15)14-10(17-12)6-4-2/h10H,3-7H2,1-2H3,(H,14,15). The molecular weight excluding hydrogens is 252 g/mol. The molecule has 0 aromatic rings. The van der Waals surface area contributed by atoms with Crippen LogP contribution in [0.3, 0.4) is 0 Å². The van der Waals surface area contributed by atoms with E-state index in [1.165, 1.54) is 0 Å². The predicted molar refractivity (Wildman–Crippen MR) is 74.4 cm³/mol. The van der Waals surface area contributed by atoms with Crippen LogP contribution >= 0.6 is 23.5 Å². The second kappa shape index (κ2) is 7.67. The molecule has 0 aromatic heterocycles. The summed E-state index contributed by atoms with van der Waals surface area (Å²) in [5, 5.41) is 12.0. The van der Waals surface area contributed by atoms with Gasteiger partial charge in [0.1, 0.15) is 11.6 Å². The van der Waals surface area contributed by atoms with E-state index in [2.05, 4.69) is 19.2 Å². The molecule has 0 saturated heterocycles. The van der Waals surface area contributed by atoms with E-state index in [-0.39, 0.29) is 11.3 Å². The fourth-order valence-electron chi connectivity index (χ4n) is 1.43. The maximum absolute atomic E-state index is 11.7. The minimum absolute atomic E-state index is 0.133. The lowest BCUT2D eigenvalue weighted by Gasteiger charge is -2.24. The molecule has 0 bridgehead atoms. The molecule has 0 spiro atoms. The van der Waals surface area contributed by atoms with Gasteiger partial charge in [-0.05, 0) is 18.6 Å². The van der Waals surface area contributed by atoms with Crippen molar-refractivity contribution in [2.75, 3.05) is 5.75 Å². The zero-order valence-electron chi connectivity index (χ0n) is 10.3. The largest absolute Gasteiger partial charge is 0.339 e. The van der Waals surface area contributed by atoms with Crippen LogP contribution in [-0.2, 0) is 4.79 Å². The molecule has 0 saturated carbocycles. The summed E-state index contributed by atoms with van der Waals surface area (Å²) in [4.78, 5) is 11.7. The molecule has 94 valence electrons. The number of nitrogens with zero attached hydrogens (tertiary/aromatic N) is 1. The van der Waals surface area contributed by atoms with E-state index in [1.807, 2.05) is 6.07 Å². The second-order valence-corrected chi connectivity index (χ2v) is 6.42. The Morgan fingerprint density at radius 3 is 2.82 bits per heavy atom. The van der Waals surface area contributed by atoms with Crippen molar-refractivity contribution in [3.63, 3.8) is 0 Å². The van der Waals surface area contributed by atoms with Gasteiger partial charge < -0.3 is 5.32 Å². The maximum Gasteiger partial charge on any atom is 0.264 e. The molecule has 5 heteroatoms. The minimum Gasteiger partial charge on any atom is -0.339 e. The highest BCUT2D eigenvalue weighted by atomic mass is 32.2. The lowest BCUT2D eigenvalue weighted by molar-refractivity contribution is -0.117. The molecule has 0 fully saturated rings. The molecule has 0 aromatic carbocycles. The third kappa shape index (κ3) is 4.29. The minimum atomic E-state index is -0.205. The Hall–Kier alpha value is -0.600. The van der Waals surface area contributed by atoms with Crippen LogP contribution in [-0.4, -0.2) is 17.0 Å². The van der Waals surface area contributed by atoms with Gasteiger partial charge >= 0.3 is 0 Å². The van der Waals surface area contributed by atoms with E-state index in [9.17, 15) is 4.79 Å². The van der Waals surface area contributed by atoms with Crippen LogP contribution in [0.5, 0.6) is 0 Å². The third-order valence-corrected chi connectivity index (χ3v) is 5.02. The van der Waals surface area contributed by atoms with Crippen LogP contribution in [0.1, 0.15) is 39.5 Å². The fraction of sp³-hybridized carbons (Fsp3) is 0.667. The van der Waals surface area contributed by atoms with Crippen molar-refractivity contribution in [2.24, 2.45) is 0 Å². The average molecular weight is 270 g/mol. The first-order chi connectivity index (χ1) is 8.22. The molecule has 1 heterocycles. The monoisotopic (exact) mass is 270 g/mol. The Labute approximate surface area is 111 Å². The van der Waals surface area contributed by atoms with Crippen LogP contribution in [0.2, 0.25) is 0 Å². The van der Waals surface area contributed by atoms with Crippen molar-refractivity contribution in [3.05, 3.63) is 9.81 Å². The quantitative estimate of drug-likeness (QED) is 0.753. The summed E-state index contributed by atoms with van der Waals surface area (Å²) >= 11 is 3.28. The van der Waals surface area contributed by atoms with Crippen molar-refractivity contribution in [2.45, 2.75) is 44.9 Å². The molecule has 0 radical (unpaired) electrons. The van der Waals surface area contributed by atoms with Gasteiger partial charge in [0.15, 0.2) is 0 Å². The highest BCUT2D eigenvalue weighted by Gasteiger charge is 2.27. The zero-order chi connectivity index (χ0) is 12.7. The van der Waals surface area contributed by atoms with Crippen molar-refractivity contribution in [3.8, 4) is 6.07 Å². The molecule has 17 heavy (non-hydrogen) atoms. The number of nitriles is 1. The Morgan fingerprint density at radius 1 is 1.47 bits per heavy atom. The van der Waals surface area contributed by atoms with Gasteiger partial charge in [0, 0.05) is 0 Å². The predicted octanol–water partition coefficient (Wildman–Crippen LogP) is 3.24. The fourth-order valence-corrected chi connectivity index (χ4v) is 4.24. The van der Waals surface area contributed by atoms with Gasteiger partial charge in [-0.2, -0.15) is 5.26 Å². The number of carbonyl (C=O) groups excluding carboxylic acids is 1. The van der Waals surface area contributed by atoms with E-state index < -0.39 is 0 Å². The first kappa shape index (κ1) is 14.5. The molecule has 1 atom stereocenters. The highest BCUT2D eigenvalue weighted by molar-refractivity contribution is 8.22. The van der Waals surface area contributed by atoms with Crippen LogP contribution in [0.4, 0.5) is 0 Å². The normalized spacial score (nSPS) is 20.1. The van der Waals surface area contributed by atoms with Crippen LogP contribution in [0.15, 0.2) is 9.81 Å². The Balaban J connectivity index is 2.71. The van der Waals surface area contributed by atoms with Crippen LogP contribution < -0.4 is 5.32 Å². The summed E-state index contributed by atoms with van der Waals surface area (Å²) in [7, 11) is 0. The number of amides is 1. The summed E-state index contributed by atoms with van der Waals surface area (Å²) < 4.78 is 0.906. The summed E-state index contributed by atoms with van der Waals surface area (Å²) in [5.41, 5.74) is 0.295. The lowest BCUT2D eigenvalue weighted by Crippen LogP contribution is -2.36. The molecule has 1 amide bonds. The van der Waals surface area contributed by atoms with E-state index in [0.717, 1.165) is 35.7 Å². The zero-order valence-corrected chi connectivity index (χ0v) is 11.9. The molecular formula is C12H18N2OS2. The highest BCUT2D eigenvalue weighted by Crippen LogP contribution is 2.38. The van der Waals surface area contributed by atoms with E-state index in [0.29, 0.717) is 5.57 Å². The number of thioether (sulfide) groups is 2. The van der Waals surface area contributed by atoms with E-state index in [1.54, 1.807) is 23.5 Å². The Morgan fingerprint density at radius 2 is 2.24 bits per heavy atom.